The molecule has 0 fully saturated rings. The molecule has 2 rings (SSSR count). The Balaban J connectivity index is 1.76. The lowest BCUT2D eigenvalue weighted by Gasteiger charge is -2.11. The van der Waals surface area contributed by atoms with Gasteiger partial charge in [-0.2, -0.15) is 0 Å². The molecule has 0 saturated carbocycles. The minimum atomic E-state index is -0.0188. The van der Waals surface area contributed by atoms with E-state index in [4.69, 9.17) is 9.47 Å². The van der Waals surface area contributed by atoms with Crippen molar-refractivity contribution >= 4 is 27.5 Å². The molecule has 0 aliphatic rings. The number of ether oxygens (including phenoxy) is 2. The Morgan fingerprint density at radius 3 is 2.67 bits per heavy atom. The van der Waals surface area contributed by atoms with Crippen LogP contribution in [0.2, 0.25) is 0 Å². The summed E-state index contributed by atoms with van der Waals surface area (Å²) in [5.74, 6) is 0.773. The van der Waals surface area contributed by atoms with Crippen LogP contribution in [0.25, 0.3) is 0 Å². The number of hydrogen-bond donors (Lipinski definition) is 1. The summed E-state index contributed by atoms with van der Waals surface area (Å²) < 4.78 is 12.0. The first-order valence-electron chi connectivity index (χ1n) is 8.03. The second-order valence-electron chi connectivity index (χ2n) is 5.22. The molecule has 0 bridgehead atoms. The molecule has 0 aliphatic carbocycles. The van der Waals surface area contributed by atoms with Gasteiger partial charge in [0.1, 0.15) is 5.75 Å². The topological polar surface area (TPSA) is 47.6 Å². The number of carbonyl (C=O) groups excluding carboxylic acids is 1. The monoisotopic (exact) mass is 391 g/mol. The van der Waals surface area contributed by atoms with Gasteiger partial charge in [0, 0.05) is 24.3 Å². The van der Waals surface area contributed by atoms with Gasteiger partial charge in [-0.25, -0.2) is 0 Å². The quantitative estimate of drug-likeness (QED) is 0.625. The molecule has 128 valence electrons. The third-order valence-electron chi connectivity index (χ3n) is 3.40. The van der Waals surface area contributed by atoms with Crippen molar-refractivity contribution in [3.63, 3.8) is 0 Å². The second kappa shape index (κ2) is 10.1. The molecular formula is C19H22BrNO3. The average Bonchev–Trinajstić information content (AvgIpc) is 2.59. The molecule has 2 aromatic rings. The third kappa shape index (κ3) is 5.98. The summed E-state index contributed by atoms with van der Waals surface area (Å²) in [6.07, 6.45) is 1.06. The smallest absolute Gasteiger partial charge is 0.224 e. The van der Waals surface area contributed by atoms with E-state index in [1.165, 1.54) is 0 Å². The number of carbonyl (C=O) groups is 1. The molecule has 0 aromatic heterocycles. The number of nitrogens with one attached hydrogen (secondary N) is 1. The Kier molecular flexibility index (Phi) is 7.79. The summed E-state index contributed by atoms with van der Waals surface area (Å²) in [5, 5.41) is 2.95. The second-order valence-corrected chi connectivity index (χ2v) is 6.08. The lowest BCUT2D eigenvalue weighted by Crippen LogP contribution is -2.14. The summed E-state index contributed by atoms with van der Waals surface area (Å²) in [6, 6.07) is 15.4. The molecule has 0 aliphatic heterocycles. The molecule has 0 spiro atoms. The van der Waals surface area contributed by atoms with Crippen LogP contribution in [0.1, 0.15) is 25.3 Å². The Morgan fingerprint density at radius 2 is 1.88 bits per heavy atom. The lowest BCUT2D eigenvalue weighted by atomic mass is 10.2. The zero-order valence-corrected chi connectivity index (χ0v) is 15.3. The van der Waals surface area contributed by atoms with Crippen LogP contribution in [0, 0.1) is 0 Å². The summed E-state index contributed by atoms with van der Waals surface area (Å²) in [7, 11) is 0. The highest BCUT2D eigenvalue weighted by Crippen LogP contribution is 2.24. The van der Waals surface area contributed by atoms with Crippen molar-refractivity contribution < 1.29 is 14.3 Å². The van der Waals surface area contributed by atoms with Gasteiger partial charge < -0.3 is 14.8 Å². The number of para-hydroxylation sites is 2. The summed E-state index contributed by atoms with van der Waals surface area (Å²) in [6.45, 7) is 3.59. The zero-order chi connectivity index (χ0) is 17.2. The van der Waals surface area contributed by atoms with Gasteiger partial charge in [-0.3, -0.25) is 4.79 Å². The number of amides is 1. The van der Waals surface area contributed by atoms with E-state index in [0.717, 1.165) is 21.5 Å². The molecule has 1 amide bonds. The predicted octanol–water partition coefficient (Wildman–Crippen LogP) is 4.78. The van der Waals surface area contributed by atoms with Crippen LogP contribution in [0.15, 0.2) is 53.0 Å². The van der Waals surface area contributed by atoms with Crippen LogP contribution in [0.3, 0.4) is 0 Å². The van der Waals surface area contributed by atoms with Crippen molar-refractivity contribution in [3.8, 4) is 5.75 Å². The molecule has 0 radical (unpaired) electrons. The number of rotatable bonds is 9. The highest BCUT2D eigenvalue weighted by atomic mass is 79.9. The minimum Gasteiger partial charge on any atom is -0.492 e. The van der Waals surface area contributed by atoms with E-state index in [-0.39, 0.29) is 5.91 Å². The predicted molar refractivity (Wildman–Crippen MR) is 99.3 cm³/mol. The van der Waals surface area contributed by atoms with Crippen LogP contribution in [0.4, 0.5) is 5.69 Å². The average molecular weight is 392 g/mol. The molecule has 0 unspecified atom stereocenters. The number of hydrogen-bond acceptors (Lipinski definition) is 3. The van der Waals surface area contributed by atoms with Crippen LogP contribution in [0.5, 0.6) is 5.75 Å². The molecule has 0 heterocycles. The molecule has 1 N–H and O–H groups in total. The molecule has 4 nitrogen and oxygen atoms in total. The largest absolute Gasteiger partial charge is 0.492 e. The maximum Gasteiger partial charge on any atom is 0.224 e. The Labute approximate surface area is 151 Å². The normalized spacial score (nSPS) is 10.4. The van der Waals surface area contributed by atoms with Gasteiger partial charge in [0.05, 0.1) is 17.7 Å². The molecule has 0 atom stereocenters. The van der Waals surface area contributed by atoms with E-state index in [2.05, 4.69) is 21.2 Å². The Hall–Kier alpha value is -1.85. The van der Waals surface area contributed by atoms with Crippen LogP contribution < -0.4 is 10.1 Å². The van der Waals surface area contributed by atoms with Gasteiger partial charge in [-0.15, -0.1) is 0 Å². The fourth-order valence-electron chi connectivity index (χ4n) is 2.17. The first-order chi connectivity index (χ1) is 11.7. The zero-order valence-electron chi connectivity index (χ0n) is 13.8. The first kappa shape index (κ1) is 18.5. The minimum absolute atomic E-state index is 0.0188. The van der Waals surface area contributed by atoms with Crippen LogP contribution >= 0.6 is 15.9 Å². The molecule has 24 heavy (non-hydrogen) atoms. The van der Waals surface area contributed by atoms with Crippen molar-refractivity contribution in [1.82, 2.24) is 0 Å². The van der Waals surface area contributed by atoms with E-state index in [1.54, 1.807) is 0 Å². The van der Waals surface area contributed by atoms with E-state index in [9.17, 15) is 4.79 Å². The van der Waals surface area contributed by atoms with E-state index < -0.39 is 0 Å². The van der Waals surface area contributed by atoms with Gasteiger partial charge in [0.25, 0.3) is 0 Å². The summed E-state index contributed by atoms with van der Waals surface area (Å²) in [4.78, 5) is 12.1. The van der Waals surface area contributed by atoms with E-state index >= 15 is 0 Å². The SMILES string of the molecule is CCOCc1ccccc1NC(=O)CCCOc1ccccc1Br. The first-order valence-corrected chi connectivity index (χ1v) is 8.83. The third-order valence-corrected chi connectivity index (χ3v) is 4.05. The van der Waals surface area contributed by atoms with Gasteiger partial charge in [-0.1, -0.05) is 30.3 Å². The highest BCUT2D eigenvalue weighted by Gasteiger charge is 2.07. The van der Waals surface area contributed by atoms with Crippen LogP contribution in [-0.2, 0) is 16.1 Å². The standard InChI is InChI=1S/C19H22BrNO3/c1-2-23-14-15-8-3-5-10-17(15)21-19(22)12-7-13-24-18-11-6-4-9-16(18)20/h3-6,8-11H,2,7,12-14H2,1H3,(H,21,22). The summed E-state index contributed by atoms with van der Waals surface area (Å²) in [5.41, 5.74) is 1.79. The maximum atomic E-state index is 12.1. The van der Waals surface area contributed by atoms with E-state index in [1.807, 2.05) is 55.5 Å². The fourth-order valence-corrected chi connectivity index (χ4v) is 2.57. The molecule has 5 heteroatoms. The Bertz CT molecular complexity index is 661. The summed E-state index contributed by atoms with van der Waals surface area (Å²) >= 11 is 3.43. The molecule has 0 saturated heterocycles. The lowest BCUT2D eigenvalue weighted by molar-refractivity contribution is -0.116. The maximum absolute atomic E-state index is 12.1. The Morgan fingerprint density at radius 1 is 1.12 bits per heavy atom. The highest BCUT2D eigenvalue weighted by molar-refractivity contribution is 9.10. The fraction of sp³-hybridized carbons (Fsp3) is 0.316. The van der Waals surface area contributed by atoms with Crippen LogP contribution in [-0.4, -0.2) is 19.1 Å². The van der Waals surface area contributed by atoms with Crippen molar-refractivity contribution in [1.29, 1.82) is 0 Å². The van der Waals surface area contributed by atoms with Crippen molar-refractivity contribution in [2.75, 3.05) is 18.5 Å². The number of anilines is 1. The van der Waals surface area contributed by atoms with Crippen molar-refractivity contribution in [3.05, 3.63) is 58.6 Å². The van der Waals surface area contributed by atoms with Gasteiger partial charge in [0.15, 0.2) is 0 Å². The number of halogens is 1. The molecule has 2 aromatic carbocycles. The van der Waals surface area contributed by atoms with Gasteiger partial charge in [-0.05, 0) is 47.5 Å². The van der Waals surface area contributed by atoms with Gasteiger partial charge in [0.2, 0.25) is 5.91 Å². The van der Waals surface area contributed by atoms with Crippen molar-refractivity contribution in [2.24, 2.45) is 0 Å². The number of benzene rings is 2. The molecular weight excluding hydrogens is 370 g/mol. The van der Waals surface area contributed by atoms with E-state index in [0.29, 0.717) is 32.7 Å². The van der Waals surface area contributed by atoms with Gasteiger partial charge >= 0.3 is 0 Å². The van der Waals surface area contributed by atoms with Crippen molar-refractivity contribution in [2.45, 2.75) is 26.4 Å².